The molecule has 2 heteroatoms. The normalized spacial score (nSPS) is 20.9. The van der Waals surface area contributed by atoms with Gasteiger partial charge in [-0.3, -0.25) is 0 Å². The highest BCUT2D eigenvalue weighted by Gasteiger charge is 2.28. The zero-order valence-electron chi connectivity index (χ0n) is 11.5. The molecule has 102 valence electrons. The van der Waals surface area contributed by atoms with Crippen molar-refractivity contribution in [3.8, 4) is 5.75 Å². The van der Waals surface area contributed by atoms with Crippen LogP contribution in [-0.4, -0.2) is 11.1 Å². The number of benzene rings is 2. The average Bonchev–Trinajstić information content (AvgIpc) is 3.02. The lowest BCUT2D eigenvalue weighted by atomic mass is 10.1. The van der Waals surface area contributed by atoms with Gasteiger partial charge in [-0.1, -0.05) is 30.3 Å². The number of aromatic hydroxyl groups is 1. The summed E-state index contributed by atoms with van der Waals surface area (Å²) in [7, 11) is 0. The van der Waals surface area contributed by atoms with Crippen molar-refractivity contribution in [2.24, 2.45) is 0 Å². The van der Waals surface area contributed by atoms with Crippen LogP contribution in [0.25, 0.3) is 0 Å². The largest absolute Gasteiger partial charge is 0.508 e. The minimum Gasteiger partial charge on any atom is -0.508 e. The summed E-state index contributed by atoms with van der Waals surface area (Å²) in [6.07, 6.45) is 4.49. The Kier molecular flexibility index (Phi) is 2.78. The van der Waals surface area contributed by atoms with E-state index in [1.54, 1.807) is 0 Å². The van der Waals surface area contributed by atoms with Crippen LogP contribution in [0.5, 0.6) is 5.75 Å². The summed E-state index contributed by atoms with van der Waals surface area (Å²) in [6, 6.07) is 15.6. The highest BCUT2D eigenvalue weighted by Crippen LogP contribution is 2.34. The molecule has 1 atom stereocenters. The van der Waals surface area contributed by atoms with E-state index in [0.717, 1.165) is 25.7 Å². The van der Waals surface area contributed by atoms with Crippen LogP contribution in [0.3, 0.4) is 0 Å². The second-order valence-corrected chi connectivity index (χ2v) is 6.01. The van der Waals surface area contributed by atoms with Crippen molar-refractivity contribution in [2.75, 3.05) is 0 Å². The first-order valence-electron chi connectivity index (χ1n) is 7.44. The highest BCUT2D eigenvalue weighted by atomic mass is 16.3. The average molecular weight is 265 g/mol. The molecule has 0 amide bonds. The second kappa shape index (κ2) is 4.64. The van der Waals surface area contributed by atoms with Gasteiger partial charge >= 0.3 is 0 Å². The van der Waals surface area contributed by atoms with Crippen LogP contribution in [0.4, 0.5) is 0 Å². The lowest BCUT2D eigenvalue weighted by Crippen LogP contribution is -2.32. The molecule has 0 saturated heterocycles. The van der Waals surface area contributed by atoms with E-state index in [1.165, 1.54) is 22.3 Å². The molecule has 0 fully saturated rings. The molecule has 2 aliphatic carbocycles. The maximum Gasteiger partial charge on any atom is 0.115 e. The molecule has 2 aliphatic rings. The van der Waals surface area contributed by atoms with Gasteiger partial charge in [0.2, 0.25) is 0 Å². The molecule has 0 heterocycles. The van der Waals surface area contributed by atoms with E-state index in [1.807, 2.05) is 12.1 Å². The monoisotopic (exact) mass is 265 g/mol. The third-order valence-corrected chi connectivity index (χ3v) is 4.69. The highest BCUT2D eigenvalue weighted by molar-refractivity contribution is 5.40. The van der Waals surface area contributed by atoms with E-state index in [4.69, 9.17) is 0 Å². The van der Waals surface area contributed by atoms with Crippen LogP contribution in [0.2, 0.25) is 0 Å². The number of rotatable bonds is 2. The SMILES string of the molecule is Oc1ccc2c(c1)CCC2NC1Cc2ccccc2C1. The molecule has 0 bridgehead atoms. The summed E-state index contributed by atoms with van der Waals surface area (Å²) < 4.78 is 0. The number of aryl methyl sites for hydroxylation is 1. The van der Waals surface area contributed by atoms with Crippen molar-refractivity contribution < 1.29 is 5.11 Å². The summed E-state index contributed by atoms with van der Waals surface area (Å²) in [6.45, 7) is 0. The number of phenols is 1. The molecule has 0 spiro atoms. The molecule has 20 heavy (non-hydrogen) atoms. The summed E-state index contributed by atoms with van der Waals surface area (Å²) >= 11 is 0. The van der Waals surface area contributed by atoms with Gasteiger partial charge in [0, 0.05) is 12.1 Å². The van der Waals surface area contributed by atoms with Crippen LogP contribution in [0, 0.1) is 0 Å². The molecular formula is C18H19NO. The first-order chi connectivity index (χ1) is 9.79. The Labute approximate surface area is 119 Å². The van der Waals surface area contributed by atoms with Crippen LogP contribution in [0.1, 0.15) is 34.7 Å². The fraction of sp³-hybridized carbons (Fsp3) is 0.333. The molecule has 1 unspecified atom stereocenters. The van der Waals surface area contributed by atoms with Crippen LogP contribution >= 0.6 is 0 Å². The van der Waals surface area contributed by atoms with E-state index in [2.05, 4.69) is 35.6 Å². The third kappa shape index (κ3) is 2.01. The van der Waals surface area contributed by atoms with Crippen molar-refractivity contribution >= 4 is 0 Å². The molecule has 0 aromatic heterocycles. The van der Waals surface area contributed by atoms with Crippen LogP contribution in [-0.2, 0) is 19.3 Å². The van der Waals surface area contributed by atoms with Crippen molar-refractivity contribution in [2.45, 2.75) is 37.8 Å². The van der Waals surface area contributed by atoms with Gasteiger partial charge in [0.05, 0.1) is 0 Å². The molecule has 4 rings (SSSR count). The number of hydrogen-bond donors (Lipinski definition) is 2. The molecule has 2 nitrogen and oxygen atoms in total. The zero-order valence-corrected chi connectivity index (χ0v) is 11.5. The molecule has 2 aromatic carbocycles. The Hall–Kier alpha value is -1.80. The number of nitrogens with one attached hydrogen (secondary N) is 1. The van der Waals surface area contributed by atoms with E-state index in [0.29, 0.717) is 17.8 Å². The van der Waals surface area contributed by atoms with E-state index >= 15 is 0 Å². The first kappa shape index (κ1) is 12.0. The van der Waals surface area contributed by atoms with Crippen molar-refractivity contribution in [3.63, 3.8) is 0 Å². The molecule has 2 aromatic rings. The van der Waals surface area contributed by atoms with Gasteiger partial charge in [0.25, 0.3) is 0 Å². The fourth-order valence-corrected chi connectivity index (χ4v) is 3.74. The zero-order chi connectivity index (χ0) is 13.5. The molecule has 0 radical (unpaired) electrons. The van der Waals surface area contributed by atoms with Crippen molar-refractivity contribution in [1.29, 1.82) is 0 Å². The maximum atomic E-state index is 9.56. The Morgan fingerprint density at radius 2 is 1.70 bits per heavy atom. The van der Waals surface area contributed by atoms with E-state index in [-0.39, 0.29) is 0 Å². The molecular weight excluding hydrogens is 246 g/mol. The van der Waals surface area contributed by atoms with Crippen molar-refractivity contribution in [1.82, 2.24) is 5.32 Å². The number of hydrogen-bond acceptors (Lipinski definition) is 2. The van der Waals surface area contributed by atoms with Gasteiger partial charge in [0.1, 0.15) is 5.75 Å². The van der Waals surface area contributed by atoms with Crippen LogP contribution in [0.15, 0.2) is 42.5 Å². The topological polar surface area (TPSA) is 32.3 Å². The Morgan fingerprint density at radius 1 is 0.950 bits per heavy atom. The molecule has 0 aliphatic heterocycles. The summed E-state index contributed by atoms with van der Waals surface area (Å²) in [5.74, 6) is 0.387. The molecule has 0 saturated carbocycles. The van der Waals surface area contributed by atoms with Gasteiger partial charge < -0.3 is 10.4 Å². The van der Waals surface area contributed by atoms with Gasteiger partial charge in [-0.25, -0.2) is 0 Å². The summed E-state index contributed by atoms with van der Waals surface area (Å²) in [5.41, 5.74) is 5.67. The second-order valence-electron chi connectivity index (χ2n) is 6.01. The lowest BCUT2D eigenvalue weighted by Gasteiger charge is -2.19. The fourth-order valence-electron chi connectivity index (χ4n) is 3.74. The molecule has 2 N–H and O–H groups in total. The number of phenolic OH excluding ortho intramolecular Hbond substituents is 1. The van der Waals surface area contributed by atoms with Crippen LogP contribution < -0.4 is 5.32 Å². The maximum absolute atomic E-state index is 9.56. The minimum absolute atomic E-state index is 0.387. The summed E-state index contributed by atoms with van der Waals surface area (Å²) in [5, 5.41) is 13.4. The predicted molar refractivity (Wildman–Crippen MR) is 79.9 cm³/mol. The van der Waals surface area contributed by atoms with Crippen molar-refractivity contribution in [3.05, 3.63) is 64.7 Å². The quantitative estimate of drug-likeness (QED) is 0.874. The standard InChI is InChI=1S/C18H19NO/c20-16-6-7-17-14(11-16)5-8-18(17)19-15-9-12-3-1-2-4-13(12)10-15/h1-4,6-7,11,15,18-20H,5,8-10H2. The predicted octanol–water partition coefficient (Wildman–Crippen LogP) is 3.14. The summed E-state index contributed by atoms with van der Waals surface area (Å²) in [4.78, 5) is 0. The Bertz CT molecular complexity index is 625. The van der Waals surface area contributed by atoms with E-state index < -0.39 is 0 Å². The first-order valence-corrected chi connectivity index (χ1v) is 7.44. The smallest absolute Gasteiger partial charge is 0.115 e. The number of fused-ring (bicyclic) bond motifs is 2. The Balaban J connectivity index is 1.50. The van der Waals surface area contributed by atoms with Gasteiger partial charge in [0.15, 0.2) is 0 Å². The van der Waals surface area contributed by atoms with E-state index in [9.17, 15) is 5.11 Å². The van der Waals surface area contributed by atoms with Gasteiger partial charge in [-0.2, -0.15) is 0 Å². The van der Waals surface area contributed by atoms with Gasteiger partial charge in [-0.15, -0.1) is 0 Å². The third-order valence-electron chi connectivity index (χ3n) is 4.69. The minimum atomic E-state index is 0.387. The Morgan fingerprint density at radius 3 is 2.45 bits per heavy atom. The lowest BCUT2D eigenvalue weighted by molar-refractivity contribution is 0.442. The van der Waals surface area contributed by atoms with Gasteiger partial charge in [-0.05, 0) is 60.1 Å².